The van der Waals surface area contributed by atoms with Gasteiger partial charge in [0.2, 0.25) is 11.8 Å². The lowest BCUT2D eigenvalue weighted by atomic mass is 10.1. The van der Waals surface area contributed by atoms with E-state index in [1.54, 1.807) is 11.6 Å². The Hall–Kier alpha value is -1.05. The molecular formula is C11H15N5O4S3. The smallest absolute Gasteiger partial charge is 0.449 e. The quantitative estimate of drug-likeness (QED) is 0.300. The van der Waals surface area contributed by atoms with Gasteiger partial charge in [-0.25, -0.2) is 10.2 Å². The average Bonchev–Trinajstić information content (AvgIpc) is 3.00. The molecule has 0 aromatic heterocycles. The molecule has 1 amide bonds. The second-order valence-electron chi connectivity index (χ2n) is 4.70. The van der Waals surface area contributed by atoms with Crippen LogP contribution in [0.2, 0.25) is 0 Å². The van der Waals surface area contributed by atoms with Crippen molar-refractivity contribution in [3.63, 3.8) is 0 Å². The number of carbonyl (C=O) groups excluding carboxylic acids is 1. The minimum absolute atomic E-state index is 0.113. The number of nitrogens with zero attached hydrogens (tertiary/aromatic N) is 2. The molecule has 0 bridgehead atoms. The van der Waals surface area contributed by atoms with Gasteiger partial charge in [-0.2, -0.15) is 0 Å². The van der Waals surface area contributed by atoms with Crippen molar-refractivity contribution in [1.82, 2.24) is 20.3 Å². The van der Waals surface area contributed by atoms with Gasteiger partial charge < -0.3 is 21.0 Å². The lowest BCUT2D eigenvalue weighted by Crippen LogP contribution is -2.68. The van der Waals surface area contributed by atoms with E-state index in [9.17, 15) is 9.59 Å². The molecule has 3 aliphatic heterocycles. The molecule has 1 unspecified atom stereocenters. The van der Waals surface area contributed by atoms with Gasteiger partial charge in [0.15, 0.2) is 0 Å². The van der Waals surface area contributed by atoms with Crippen molar-refractivity contribution in [2.45, 2.75) is 11.4 Å². The first-order valence-corrected chi connectivity index (χ1v) is 9.39. The first kappa shape index (κ1) is 16.8. The molecule has 9 nitrogen and oxygen atoms in total. The molecule has 5 N–H and O–H groups in total. The molecule has 0 saturated carbocycles. The van der Waals surface area contributed by atoms with Gasteiger partial charge in [-0.05, 0) is 0 Å². The molecule has 2 atom stereocenters. The van der Waals surface area contributed by atoms with Crippen LogP contribution in [0.3, 0.4) is 0 Å². The summed E-state index contributed by atoms with van der Waals surface area (Å²) in [6.07, 6.45) is 0.409. The Morgan fingerprint density at radius 2 is 2.48 bits per heavy atom. The molecule has 1 fully saturated rings. The van der Waals surface area contributed by atoms with Crippen molar-refractivity contribution in [1.29, 1.82) is 0 Å². The number of hydrogen-bond acceptors (Lipinski definition) is 10. The number of fused-ring (bicyclic) bond motifs is 1. The highest BCUT2D eigenvalue weighted by Gasteiger charge is 2.51. The van der Waals surface area contributed by atoms with Crippen molar-refractivity contribution in [2.24, 2.45) is 5.73 Å². The van der Waals surface area contributed by atoms with Crippen LogP contribution < -0.4 is 16.6 Å². The zero-order valence-corrected chi connectivity index (χ0v) is 14.5. The fourth-order valence-corrected chi connectivity index (χ4v) is 5.37. The molecule has 1 saturated heterocycles. The highest BCUT2D eigenvalue weighted by Crippen LogP contribution is 2.42. The molecule has 23 heavy (non-hydrogen) atoms. The maximum atomic E-state index is 11.9. The van der Waals surface area contributed by atoms with Crippen LogP contribution in [0.5, 0.6) is 0 Å². The SMILES string of the molecule is CNN1NC=C(SCC2=C(OC(=O)O)N3C(=O)C(N)[C@@H]3SC2)S1. The summed E-state index contributed by atoms with van der Waals surface area (Å²) in [5, 5.41) is 8.69. The number of carboxylic acid groups (broad SMARTS) is 1. The Morgan fingerprint density at radius 3 is 3.13 bits per heavy atom. The molecule has 126 valence electrons. The van der Waals surface area contributed by atoms with E-state index in [1.165, 1.54) is 40.4 Å². The number of hydrogen-bond donors (Lipinski definition) is 4. The van der Waals surface area contributed by atoms with Crippen LogP contribution >= 0.6 is 35.5 Å². The second kappa shape index (κ2) is 6.83. The summed E-state index contributed by atoms with van der Waals surface area (Å²) in [4.78, 5) is 24.2. The van der Waals surface area contributed by atoms with Gasteiger partial charge in [0, 0.05) is 42.3 Å². The molecule has 0 radical (unpaired) electrons. The van der Waals surface area contributed by atoms with Crippen molar-refractivity contribution >= 4 is 47.5 Å². The number of rotatable bonds is 5. The summed E-state index contributed by atoms with van der Waals surface area (Å²) < 4.78 is 7.61. The minimum atomic E-state index is -1.43. The van der Waals surface area contributed by atoms with E-state index in [-0.39, 0.29) is 17.2 Å². The third kappa shape index (κ3) is 3.27. The molecule has 0 aliphatic carbocycles. The van der Waals surface area contributed by atoms with Crippen LogP contribution in [0.1, 0.15) is 0 Å². The zero-order chi connectivity index (χ0) is 16.6. The molecule has 0 aromatic rings. The van der Waals surface area contributed by atoms with Crippen molar-refractivity contribution in [3.05, 3.63) is 21.9 Å². The van der Waals surface area contributed by atoms with Crippen LogP contribution in [0.4, 0.5) is 4.79 Å². The number of ether oxygens (including phenoxy) is 1. The summed E-state index contributed by atoms with van der Waals surface area (Å²) in [5.41, 5.74) is 12.4. The van der Waals surface area contributed by atoms with Crippen LogP contribution in [0.15, 0.2) is 21.9 Å². The van der Waals surface area contributed by atoms with Crippen molar-refractivity contribution in [2.75, 3.05) is 18.6 Å². The number of thioether (sulfide) groups is 2. The van der Waals surface area contributed by atoms with Crippen molar-refractivity contribution in [3.8, 4) is 0 Å². The highest BCUT2D eigenvalue weighted by molar-refractivity contribution is 8.21. The molecule has 12 heteroatoms. The summed E-state index contributed by atoms with van der Waals surface area (Å²) in [5.74, 6) is 0.916. The standard InChI is InChI=1S/C11H15N5O4S3/c1-13-16-14-2-6(23-16)21-3-5-4-22-10-7(12)8(17)15(10)9(5)20-11(18)19/h2,7,10,13-14H,3-4,12H2,1H3,(H,18,19)/t7?,10-/m0/s1. The van der Waals surface area contributed by atoms with Crippen LogP contribution in [0, 0.1) is 0 Å². The zero-order valence-electron chi connectivity index (χ0n) is 12.0. The van der Waals surface area contributed by atoms with Crippen LogP contribution in [-0.2, 0) is 9.53 Å². The number of nitrogens with one attached hydrogen (secondary N) is 2. The highest BCUT2D eigenvalue weighted by atomic mass is 32.2. The van der Waals surface area contributed by atoms with E-state index in [0.29, 0.717) is 11.5 Å². The monoisotopic (exact) mass is 377 g/mol. The Balaban J connectivity index is 1.71. The van der Waals surface area contributed by atoms with Crippen LogP contribution in [0.25, 0.3) is 0 Å². The Bertz CT molecular complexity index is 598. The van der Waals surface area contributed by atoms with Gasteiger partial charge >= 0.3 is 6.16 Å². The minimum Gasteiger partial charge on any atom is -0.449 e. The predicted molar refractivity (Wildman–Crippen MR) is 89.4 cm³/mol. The Morgan fingerprint density at radius 1 is 1.70 bits per heavy atom. The van der Waals surface area contributed by atoms with E-state index in [4.69, 9.17) is 15.6 Å². The van der Waals surface area contributed by atoms with Gasteiger partial charge in [0.1, 0.15) is 11.4 Å². The third-order valence-corrected chi connectivity index (χ3v) is 6.89. The fraction of sp³-hybridized carbons (Fsp3) is 0.455. The first-order valence-electron chi connectivity index (χ1n) is 6.59. The normalized spacial score (nSPS) is 27.3. The summed E-state index contributed by atoms with van der Waals surface area (Å²) in [7, 11) is 1.79. The van der Waals surface area contributed by atoms with Crippen LogP contribution in [-0.4, -0.2) is 56.6 Å². The van der Waals surface area contributed by atoms with Gasteiger partial charge in [0.05, 0.1) is 4.24 Å². The number of amides is 1. The topological polar surface area (TPSA) is 120 Å². The third-order valence-electron chi connectivity index (χ3n) is 3.29. The summed E-state index contributed by atoms with van der Waals surface area (Å²) in [6.45, 7) is 0. The predicted octanol–water partition coefficient (Wildman–Crippen LogP) is 0.270. The van der Waals surface area contributed by atoms with E-state index in [1.807, 2.05) is 6.20 Å². The van der Waals surface area contributed by atoms with Crippen molar-refractivity contribution < 1.29 is 19.4 Å². The summed E-state index contributed by atoms with van der Waals surface area (Å²) in [6, 6.07) is -0.594. The largest absolute Gasteiger partial charge is 0.512 e. The van der Waals surface area contributed by atoms with E-state index >= 15 is 0 Å². The first-order chi connectivity index (χ1) is 11.0. The molecule has 3 heterocycles. The van der Waals surface area contributed by atoms with E-state index < -0.39 is 12.2 Å². The lowest BCUT2D eigenvalue weighted by Gasteiger charge is -2.47. The van der Waals surface area contributed by atoms with Gasteiger partial charge in [-0.15, -0.1) is 23.5 Å². The molecule has 0 spiro atoms. The maximum absolute atomic E-state index is 11.9. The van der Waals surface area contributed by atoms with Gasteiger partial charge in [-0.3, -0.25) is 9.69 Å². The number of hydrazine groups is 2. The van der Waals surface area contributed by atoms with E-state index in [0.717, 1.165) is 9.81 Å². The van der Waals surface area contributed by atoms with Gasteiger partial charge in [0.25, 0.3) is 0 Å². The Kier molecular flexibility index (Phi) is 4.98. The van der Waals surface area contributed by atoms with E-state index in [2.05, 4.69) is 10.9 Å². The number of nitrogens with two attached hydrogens (primary N) is 1. The molecule has 3 aliphatic rings. The number of carbonyl (C=O) groups is 2. The lowest BCUT2D eigenvalue weighted by molar-refractivity contribution is -0.144. The molecular weight excluding hydrogens is 362 g/mol. The van der Waals surface area contributed by atoms with Gasteiger partial charge in [-0.1, -0.05) is 4.52 Å². The average molecular weight is 377 g/mol. The molecule has 3 rings (SSSR count). The Labute approximate surface area is 145 Å². The fourth-order valence-electron chi connectivity index (χ4n) is 2.20. The summed E-state index contributed by atoms with van der Waals surface area (Å²) >= 11 is 4.54. The second-order valence-corrected chi connectivity index (χ2v) is 8.07. The number of β-lactam (4-membered cyclic amide) rings is 1. The maximum Gasteiger partial charge on any atom is 0.512 e. The molecule has 0 aromatic carbocycles.